The van der Waals surface area contributed by atoms with Crippen LogP contribution in [-0.2, 0) is 15.1 Å². The van der Waals surface area contributed by atoms with Gasteiger partial charge in [-0.3, -0.25) is 9.48 Å². The minimum Gasteiger partial charge on any atom is -0.393 e. The van der Waals surface area contributed by atoms with E-state index >= 15 is 0 Å². The van der Waals surface area contributed by atoms with Gasteiger partial charge in [-0.05, 0) is 79.0 Å². The summed E-state index contributed by atoms with van der Waals surface area (Å²) in [6, 6.07) is 2.27. The number of nitrogens with one attached hydrogen (secondary N) is 2. The van der Waals surface area contributed by atoms with E-state index in [1.54, 1.807) is 7.11 Å². The molecule has 4 rings (SSSR count). The Hall–Kier alpha value is -2.98. The van der Waals surface area contributed by atoms with Crippen LogP contribution in [0, 0.1) is 6.92 Å². The van der Waals surface area contributed by atoms with Gasteiger partial charge in [0.05, 0.1) is 18.9 Å². The second-order valence-electron chi connectivity index (χ2n) is 10.8. The van der Waals surface area contributed by atoms with Crippen molar-refractivity contribution in [2.75, 3.05) is 13.7 Å². The highest BCUT2D eigenvalue weighted by Crippen LogP contribution is 2.44. The first-order valence-corrected chi connectivity index (χ1v) is 13.3. The summed E-state index contributed by atoms with van der Waals surface area (Å²) in [5.74, 6) is 0.712. The molecule has 2 aromatic heterocycles. The summed E-state index contributed by atoms with van der Waals surface area (Å²) in [6.07, 6.45) is 8.46. The maximum Gasteiger partial charge on any atom is 0.248 e. The van der Waals surface area contributed by atoms with E-state index in [1.165, 1.54) is 0 Å². The van der Waals surface area contributed by atoms with Crippen LogP contribution in [0.3, 0.4) is 0 Å². The van der Waals surface area contributed by atoms with Crippen molar-refractivity contribution in [1.29, 1.82) is 0 Å². The van der Waals surface area contributed by atoms with E-state index in [2.05, 4.69) is 33.5 Å². The van der Waals surface area contributed by atoms with Crippen molar-refractivity contribution in [1.82, 2.24) is 25.1 Å². The number of ether oxygens (including phenoxy) is 1. The van der Waals surface area contributed by atoms with Crippen molar-refractivity contribution < 1.29 is 14.6 Å². The molecular weight excluding hydrogens is 470 g/mol. The zero-order valence-electron chi connectivity index (χ0n) is 22.7. The van der Waals surface area contributed by atoms with Crippen molar-refractivity contribution >= 4 is 18.6 Å². The standard InChI is InChI=1S/C27H41N7O3/c1-17(2)30-25(36)27(11-12-27)33-15-21(14-29-33)23-13-24(20-7-9-22(35)10-8-20)34(19(23)4)32-26(28-5)31-18(3)16-37-6/h13-15,17-18,20,22,35H,5,7-12,16H2,1-4,6H3,(H,30,36)(H,31,32)/t18-,20-,22-/m0/s1. The Morgan fingerprint density at radius 1 is 1.27 bits per heavy atom. The van der Waals surface area contributed by atoms with Gasteiger partial charge in [0.15, 0.2) is 0 Å². The predicted molar refractivity (Wildman–Crippen MR) is 145 cm³/mol. The van der Waals surface area contributed by atoms with E-state index in [9.17, 15) is 9.90 Å². The molecule has 0 unspecified atom stereocenters. The summed E-state index contributed by atoms with van der Waals surface area (Å²) in [4.78, 5) is 17.0. The van der Waals surface area contributed by atoms with Crippen molar-refractivity contribution in [2.45, 2.75) is 95.9 Å². The molecule has 202 valence electrons. The number of aliphatic imine (C=N–C) groups is 1. The Balaban J connectivity index is 1.70. The number of rotatable bonds is 9. The maximum atomic E-state index is 12.9. The van der Waals surface area contributed by atoms with Crippen molar-refractivity contribution in [3.63, 3.8) is 0 Å². The Morgan fingerprint density at radius 2 is 1.97 bits per heavy atom. The van der Waals surface area contributed by atoms with Gasteiger partial charge in [-0.25, -0.2) is 9.67 Å². The average molecular weight is 512 g/mol. The van der Waals surface area contributed by atoms with Gasteiger partial charge in [0.1, 0.15) is 5.54 Å². The quantitative estimate of drug-likeness (QED) is 0.353. The molecule has 1 amide bonds. The van der Waals surface area contributed by atoms with E-state index in [0.717, 1.165) is 61.0 Å². The van der Waals surface area contributed by atoms with Gasteiger partial charge in [-0.2, -0.15) is 5.10 Å². The molecule has 0 radical (unpaired) electrons. The molecule has 0 aliphatic heterocycles. The van der Waals surface area contributed by atoms with Crippen LogP contribution in [-0.4, -0.2) is 70.1 Å². The number of guanidine groups is 1. The third-order valence-corrected chi connectivity index (χ3v) is 7.39. The van der Waals surface area contributed by atoms with E-state index in [1.807, 2.05) is 49.4 Å². The average Bonchev–Trinajstić information content (AvgIpc) is 3.42. The van der Waals surface area contributed by atoms with Crippen LogP contribution in [0.1, 0.15) is 76.6 Å². The smallest absolute Gasteiger partial charge is 0.248 e. The molecule has 0 aromatic carbocycles. The zero-order valence-corrected chi connectivity index (χ0v) is 22.7. The minimum absolute atomic E-state index is 0.0165. The van der Waals surface area contributed by atoms with Crippen molar-refractivity contribution in [2.24, 2.45) is 10.1 Å². The lowest BCUT2D eigenvalue weighted by atomic mass is 9.85. The fraction of sp³-hybridized carbons (Fsp3) is 0.630. The molecule has 37 heavy (non-hydrogen) atoms. The van der Waals surface area contributed by atoms with Gasteiger partial charge in [-0.15, -0.1) is 5.10 Å². The number of methoxy groups -OCH3 is 1. The molecule has 2 aliphatic carbocycles. The number of nitrogens with zero attached hydrogens (tertiary/aromatic N) is 5. The monoisotopic (exact) mass is 511 g/mol. The largest absolute Gasteiger partial charge is 0.393 e. The second-order valence-corrected chi connectivity index (χ2v) is 10.8. The first kappa shape index (κ1) is 27.1. The highest BCUT2D eigenvalue weighted by molar-refractivity contribution is 5.87. The third-order valence-electron chi connectivity index (χ3n) is 7.39. The van der Waals surface area contributed by atoms with E-state index in [4.69, 9.17) is 9.84 Å². The first-order valence-electron chi connectivity index (χ1n) is 13.3. The molecule has 2 saturated carbocycles. The highest BCUT2D eigenvalue weighted by Gasteiger charge is 2.52. The summed E-state index contributed by atoms with van der Waals surface area (Å²) in [5.41, 5.74) is 3.40. The topological polar surface area (TPSA) is 118 Å². The summed E-state index contributed by atoms with van der Waals surface area (Å²) in [6.45, 7) is 12.2. The molecule has 0 saturated heterocycles. The molecule has 2 heterocycles. The molecule has 2 fully saturated rings. The van der Waals surface area contributed by atoms with Crippen LogP contribution >= 0.6 is 0 Å². The van der Waals surface area contributed by atoms with E-state index < -0.39 is 5.54 Å². The highest BCUT2D eigenvalue weighted by atomic mass is 16.5. The lowest BCUT2D eigenvalue weighted by Gasteiger charge is -2.26. The molecule has 10 heteroatoms. The number of aliphatic hydroxyl groups is 1. The Morgan fingerprint density at radius 3 is 2.57 bits per heavy atom. The van der Waals surface area contributed by atoms with Gasteiger partial charge in [0.2, 0.25) is 11.9 Å². The lowest BCUT2D eigenvalue weighted by Crippen LogP contribution is -2.42. The van der Waals surface area contributed by atoms with Crippen molar-refractivity contribution in [3.8, 4) is 11.1 Å². The molecule has 3 N–H and O–H groups in total. The van der Waals surface area contributed by atoms with Crippen LogP contribution in [0.15, 0.2) is 28.6 Å². The summed E-state index contributed by atoms with van der Waals surface area (Å²) < 4.78 is 9.01. The Kier molecular flexibility index (Phi) is 8.18. The number of hydrogen-bond acceptors (Lipinski definition) is 5. The predicted octanol–water partition coefficient (Wildman–Crippen LogP) is 3.14. The molecular formula is C27H41N7O3. The second kappa shape index (κ2) is 11.2. The Labute approximate surface area is 219 Å². The Bertz CT molecular complexity index is 1140. The van der Waals surface area contributed by atoms with Crippen LogP contribution in [0.2, 0.25) is 0 Å². The van der Waals surface area contributed by atoms with Gasteiger partial charge >= 0.3 is 0 Å². The van der Waals surface area contributed by atoms with Gasteiger partial charge < -0.3 is 20.5 Å². The van der Waals surface area contributed by atoms with Crippen molar-refractivity contribution in [3.05, 3.63) is 29.8 Å². The summed E-state index contributed by atoms with van der Waals surface area (Å²) >= 11 is 0. The van der Waals surface area contributed by atoms with E-state index in [-0.39, 0.29) is 30.0 Å². The number of aliphatic hydroxyl groups excluding tert-OH is 1. The number of carbonyl (C=O) groups is 1. The molecule has 2 aliphatic rings. The number of aromatic nitrogens is 3. The molecule has 0 spiro atoms. The third kappa shape index (κ3) is 5.80. The fourth-order valence-electron chi connectivity index (χ4n) is 5.19. The minimum atomic E-state index is -0.596. The van der Waals surface area contributed by atoms with Crippen LogP contribution in [0.5, 0.6) is 0 Å². The number of carbonyl (C=O) groups excluding carboxylic acids is 1. The summed E-state index contributed by atoms with van der Waals surface area (Å²) in [5, 5.41) is 25.9. The van der Waals surface area contributed by atoms with Crippen LogP contribution in [0.25, 0.3) is 11.1 Å². The summed E-state index contributed by atoms with van der Waals surface area (Å²) in [7, 11) is 1.66. The van der Waals surface area contributed by atoms with E-state index in [0.29, 0.717) is 12.6 Å². The number of amides is 1. The fourth-order valence-corrected chi connectivity index (χ4v) is 5.19. The zero-order chi connectivity index (χ0) is 26.7. The molecule has 1 atom stereocenters. The lowest BCUT2D eigenvalue weighted by molar-refractivity contribution is -0.126. The van der Waals surface area contributed by atoms with Gasteiger partial charge in [-0.1, -0.05) is 0 Å². The van der Waals surface area contributed by atoms with Crippen LogP contribution in [0.4, 0.5) is 0 Å². The first-order chi connectivity index (χ1) is 17.7. The normalized spacial score (nSPS) is 22.1. The van der Waals surface area contributed by atoms with Crippen LogP contribution < -0.4 is 10.6 Å². The number of hydrogen-bond donors (Lipinski definition) is 3. The molecule has 2 aromatic rings. The van der Waals surface area contributed by atoms with Gasteiger partial charge in [0.25, 0.3) is 0 Å². The molecule has 0 bridgehead atoms. The SMILES string of the molecule is C=N/C(=N\n1c(C)c(-c2cnn(C3(C(=O)NC(C)C)CC3)c2)cc1[C@H]1CC[C@H](O)CC1)N[C@@H](C)COC. The molecule has 10 nitrogen and oxygen atoms in total. The van der Waals surface area contributed by atoms with Gasteiger partial charge in [0, 0.05) is 53.8 Å². The maximum absolute atomic E-state index is 12.9.